The van der Waals surface area contributed by atoms with Crippen LogP contribution in [0.2, 0.25) is 0 Å². The van der Waals surface area contributed by atoms with Gasteiger partial charge in [0.25, 0.3) is 0 Å². The summed E-state index contributed by atoms with van der Waals surface area (Å²) in [6, 6.07) is 12.4. The van der Waals surface area contributed by atoms with Crippen LogP contribution in [-0.4, -0.2) is 12.0 Å². The summed E-state index contributed by atoms with van der Waals surface area (Å²) >= 11 is 3.52. The van der Waals surface area contributed by atoms with E-state index in [9.17, 15) is 0 Å². The van der Waals surface area contributed by atoms with Crippen LogP contribution in [0.1, 0.15) is 11.1 Å². The molecule has 1 heterocycles. The van der Waals surface area contributed by atoms with Crippen LogP contribution in [0, 0.1) is 6.92 Å². The van der Waals surface area contributed by atoms with E-state index in [4.69, 9.17) is 0 Å². The van der Waals surface area contributed by atoms with E-state index < -0.39 is 0 Å². The van der Waals surface area contributed by atoms with Crippen LogP contribution in [0.25, 0.3) is 0 Å². The molecule has 2 nitrogen and oxygen atoms in total. The normalized spacial score (nSPS) is 10.3. The first-order valence-corrected chi connectivity index (χ1v) is 6.34. The van der Waals surface area contributed by atoms with Gasteiger partial charge in [-0.05, 0) is 46.1 Å². The monoisotopic (exact) mass is 290 g/mol. The largest absolute Gasteiger partial charge is 0.354 e. The van der Waals surface area contributed by atoms with Gasteiger partial charge >= 0.3 is 0 Å². The predicted octanol–water partition coefficient (Wildman–Crippen LogP) is 3.79. The summed E-state index contributed by atoms with van der Waals surface area (Å²) in [5, 5.41) is 0. The SMILES string of the molecule is Cc1ccccc1CN(C)c1ncccc1Br. The van der Waals surface area contributed by atoms with E-state index in [2.05, 4.69) is 64.1 Å². The predicted molar refractivity (Wildman–Crippen MR) is 75.2 cm³/mol. The third-order valence-electron chi connectivity index (χ3n) is 2.77. The fourth-order valence-electron chi connectivity index (χ4n) is 1.78. The van der Waals surface area contributed by atoms with Crippen molar-refractivity contribution in [3.8, 4) is 0 Å². The third-order valence-corrected chi connectivity index (χ3v) is 3.39. The lowest BCUT2D eigenvalue weighted by atomic mass is 10.1. The average molecular weight is 291 g/mol. The zero-order valence-electron chi connectivity index (χ0n) is 10.0. The molecule has 2 rings (SSSR count). The van der Waals surface area contributed by atoms with Gasteiger partial charge in [0.15, 0.2) is 0 Å². The van der Waals surface area contributed by atoms with Crippen LogP contribution in [0.5, 0.6) is 0 Å². The van der Waals surface area contributed by atoms with Crippen molar-refractivity contribution in [3.63, 3.8) is 0 Å². The molecule has 0 N–H and O–H groups in total. The van der Waals surface area contributed by atoms with Crippen LogP contribution in [-0.2, 0) is 6.54 Å². The van der Waals surface area contributed by atoms with Gasteiger partial charge in [0.05, 0.1) is 4.47 Å². The van der Waals surface area contributed by atoms with E-state index in [0.717, 1.165) is 16.8 Å². The van der Waals surface area contributed by atoms with Crippen LogP contribution >= 0.6 is 15.9 Å². The highest BCUT2D eigenvalue weighted by molar-refractivity contribution is 9.10. The molecule has 0 aliphatic heterocycles. The number of aryl methyl sites for hydroxylation is 1. The van der Waals surface area contributed by atoms with Crippen molar-refractivity contribution in [2.75, 3.05) is 11.9 Å². The van der Waals surface area contributed by atoms with Crippen LogP contribution < -0.4 is 4.90 Å². The standard InChI is InChI=1S/C14H15BrN2/c1-11-6-3-4-7-12(11)10-17(2)14-13(15)8-5-9-16-14/h3-9H,10H2,1-2H3. The molecule has 0 radical (unpaired) electrons. The van der Waals surface area contributed by atoms with Crippen molar-refractivity contribution in [1.29, 1.82) is 0 Å². The number of halogens is 1. The van der Waals surface area contributed by atoms with Crippen molar-refractivity contribution in [2.24, 2.45) is 0 Å². The highest BCUT2D eigenvalue weighted by Crippen LogP contribution is 2.23. The molecule has 0 fully saturated rings. The van der Waals surface area contributed by atoms with Gasteiger partial charge in [0.2, 0.25) is 0 Å². The smallest absolute Gasteiger partial charge is 0.142 e. The van der Waals surface area contributed by atoms with Crippen molar-refractivity contribution in [3.05, 3.63) is 58.2 Å². The first-order valence-electron chi connectivity index (χ1n) is 5.54. The Morgan fingerprint density at radius 3 is 2.65 bits per heavy atom. The maximum atomic E-state index is 4.38. The van der Waals surface area contributed by atoms with Gasteiger partial charge < -0.3 is 4.90 Å². The van der Waals surface area contributed by atoms with Crippen molar-refractivity contribution < 1.29 is 0 Å². The molecule has 0 unspecified atom stereocenters. The average Bonchev–Trinajstić information content (AvgIpc) is 2.32. The zero-order chi connectivity index (χ0) is 12.3. The summed E-state index contributed by atoms with van der Waals surface area (Å²) in [5.74, 6) is 0.968. The number of aromatic nitrogens is 1. The summed E-state index contributed by atoms with van der Waals surface area (Å²) in [5.41, 5.74) is 2.64. The maximum Gasteiger partial charge on any atom is 0.142 e. The Labute approximate surface area is 110 Å². The Bertz CT molecular complexity index is 511. The molecule has 1 aromatic heterocycles. The number of anilines is 1. The van der Waals surface area contributed by atoms with Crippen LogP contribution in [0.15, 0.2) is 47.1 Å². The second-order valence-corrected chi connectivity index (χ2v) is 4.95. The molecule has 0 aliphatic carbocycles. The van der Waals surface area contributed by atoms with Gasteiger partial charge in [0, 0.05) is 19.8 Å². The molecule has 0 saturated heterocycles. The maximum absolute atomic E-state index is 4.38. The van der Waals surface area contributed by atoms with E-state index in [-0.39, 0.29) is 0 Å². The zero-order valence-corrected chi connectivity index (χ0v) is 11.6. The second kappa shape index (κ2) is 5.32. The number of pyridine rings is 1. The van der Waals surface area contributed by atoms with Gasteiger partial charge in [-0.1, -0.05) is 24.3 Å². The molecule has 0 aliphatic rings. The molecule has 3 heteroatoms. The van der Waals surface area contributed by atoms with E-state index in [1.165, 1.54) is 11.1 Å². The lowest BCUT2D eigenvalue weighted by Crippen LogP contribution is -2.18. The molecule has 0 bridgehead atoms. The van der Waals surface area contributed by atoms with E-state index in [1.807, 2.05) is 18.3 Å². The number of rotatable bonds is 3. The Morgan fingerprint density at radius 2 is 1.94 bits per heavy atom. The minimum atomic E-state index is 0.863. The molecular weight excluding hydrogens is 276 g/mol. The van der Waals surface area contributed by atoms with Gasteiger partial charge in [0.1, 0.15) is 5.82 Å². The third kappa shape index (κ3) is 2.86. The Balaban J connectivity index is 2.20. The summed E-state index contributed by atoms with van der Waals surface area (Å²) in [7, 11) is 2.06. The molecule has 2 aromatic rings. The van der Waals surface area contributed by atoms with Gasteiger partial charge in [-0.25, -0.2) is 4.98 Å². The second-order valence-electron chi connectivity index (χ2n) is 4.09. The van der Waals surface area contributed by atoms with Crippen molar-refractivity contribution in [1.82, 2.24) is 4.98 Å². The van der Waals surface area contributed by atoms with Crippen molar-refractivity contribution >= 4 is 21.7 Å². The van der Waals surface area contributed by atoms with Crippen LogP contribution in [0.3, 0.4) is 0 Å². The molecule has 88 valence electrons. The van der Waals surface area contributed by atoms with E-state index in [0.29, 0.717) is 0 Å². The number of nitrogens with zero attached hydrogens (tertiary/aromatic N) is 2. The number of benzene rings is 1. The lowest BCUT2D eigenvalue weighted by Gasteiger charge is -2.20. The quantitative estimate of drug-likeness (QED) is 0.855. The minimum absolute atomic E-state index is 0.863. The first-order chi connectivity index (χ1) is 8.18. The minimum Gasteiger partial charge on any atom is -0.354 e. The lowest BCUT2D eigenvalue weighted by molar-refractivity contribution is 0.887. The highest BCUT2D eigenvalue weighted by atomic mass is 79.9. The van der Waals surface area contributed by atoms with Crippen LogP contribution in [0.4, 0.5) is 5.82 Å². The fraction of sp³-hybridized carbons (Fsp3) is 0.214. The van der Waals surface area contributed by atoms with E-state index in [1.54, 1.807) is 0 Å². The molecule has 0 atom stereocenters. The molecule has 17 heavy (non-hydrogen) atoms. The molecule has 0 saturated carbocycles. The first kappa shape index (κ1) is 12.1. The van der Waals surface area contributed by atoms with E-state index >= 15 is 0 Å². The number of hydrogen-bond acceptors (Lipinski definition) is 2. The number of hydrogen-bond donors (Lipinski definition) is 0. The summed E-state index contributed by atoms with van der Waals surface area (Å²) in [4.78, 5) is 6.53. The van der Waals surface area contributed by atoms with Crippen molar-refractivity contribution in [2.45, 2.75) is 13.5 Å². The fourth-order valence-corrected chi connectivity index (χ4v) is 2.33. The topological polar surface area (TPSA) is 16.1 Å². The summed E-state index contributed by atoms with van der Waals surface area (Å²) in [6.45, 7) is 3.00. The Kier molecular flexibility index (Phi) is 3.79. The molecular formula is C14H15BrN2. The highest BCUT2D eigenvalue weighted by Gasteiger charge is 2.08. The molecule has 0 amide bonds. The van der Waals surface area contributed by atoms with Gasteiger partial charge in [-0.3, -0.25) is 0 Å². The molecule has 0 spiro atoms. The summed E-state index contributed by atoms with van der Waals surface area (Å²) in [6.07, 6.45) is 1.81. The Morgan fingerprint density at radius 1 is 1.18 bits per heavy atom. The van der Waals surface area contributed by atoms with Gasteiger partial charge in [-0.2, -0.15) is 0 Å². The summed E-state index contributed by atoms with van der Waals surface area (Å²) < 4.78 is 1.02. The Hall–Kier alpha value is -1.35. The van der Waals surface area contributed by atoms with Gasteiger partial charge in [-0.15, -0.1) is 0 Å². The molecule has 1 aromatic carbocycles.